The molecule has 0 heterocycles. The zero-order chi connectivity index (χ0) is 7.28. The van der Waals surface area contributed by atoms with Crippen LogP contribution in [0.1, 0.15) is 27.2 Å². The summed E-state index contributed by atoms with van der Waals surface area (Å²) in [5.74, 6) is 0.431. The molecule has 0 rings (SSSR count). The van der Waals surface area contributed by atoms with Crippen LogP contribution in [0.15, 0.2) is 0 Å². The first kappa shape index (κ1) is 12.7. The third-order valence-electron chi connectivity index (χ3n) is 1.00. The molecule has 0 spiro atoms. The Balaban J connectivity index is 0. The van der Waals surface area contributed by atoms with Crippen molar-refractivity contribution in [2.75, 3.05) is 6.61 Å². The molecule has 0 aliphatic rings. The summed E-state index contributed by atoms with van der Waals surface area (Å²) >= 11 is 0. The van der Waals surface area contributed by atoms with Gasteiger partial charge in [-0.15, -0.1) is 0 Å². The first-order valence-electron chi connectivity index (χ1n) is 3.26. The van der Waals surface area contributed by atoms with Gasteiger partial charge < -0.3 is 4.74 Å². The Morgan fingerprint density at radius 1 is 1.50 bits per heavy atom. The van der Waals surface area contributed by atoms with Gasteiger partial charge in [0.2, 0.25) is 0 Å². The van der Waals surface area contributed by atoms with Crippen LogP contribution in [0.5, 0.6) is 0 Å². The molecule has 0 amide bonds. The van der Waals surface area contributed by atoms with Crippen LogP contribution in [0.25, 0.3) is 0 Å². The maximum atomic E-state index is 10.2. The van der Waals surface area contributed by atoms with Crippen LogP contribution in [-0.4, -0.2) is 30.2 Å². The van der Waals surface area contributed by atoms with Crippen molar-refractivity contribution in [3.8, 4) is 0 Å². The molecule has 3 heteroatoms. The summed E-state index contributed by atoms with van der Waals surface area (Å²) in [4.78, 5) is 10.2. The van der Waals surface area contributed by atoms with E-state index in [1.54, 1.807) is 0 Å². The molecule has 0 unspecified atom stereocenters. The Bertz CT molecular complexity index is 91.6. The van der Waals surface area contributed by atoms with Gasteiger partial charge in [-0.3, -0.25) is 4.79 Å². The van der Waals surface area contributed by atoms with Crippen LogP contribution in [0.4, 0.5) is 0 Å². The van der Waals surface area contributed by atoms with Gasteiger partial charge in [0.25, 0.3) is 0 Å². The molecule has 0 N–H and O–H groups in total. The molecule has 0 radical (unpaired) electrons. The number of carbonyl (C=O) groups is 1. The minimum absolute atomic E-state index is 0. The molecule has 0 aliphatic heterocycles. The third kappa shape index (κ3) is 10.9. The van der Waals surface area contributed by atoms with Crippen LogP contribution in [0, 0.1) is 5.92 Å². The first-order valence-corrected chi connectivity index (χ1v) is 3.26. The molecule has 10 heavy (non-hydrogen) atoms. The van der Waals surface area contributed by atoms with Gasteiger partial charge in [-0.25, -0.2) is 0 Å². The van der Waals surface area contributed by atoms with Gasteiger partial charge >= 0.3 is 23.6 Å². The molecule has 0 aromatic heterocycles. The van der Waals surface area contributed by atoms with Crippen molar-refractivity contribution in [1.82, 2.24) is 0 Å². The van der Waals surface area contributed by atoms with Crippen molar-refractivity contribution < 1.29 is 9.53 Å². The van der Waals surface area contributed by atoms with Crippen LogP contribution >= 0.6 is 0 Å². The van der Waals surface area contributed by atoms with E-state index >= 15 is 0 Å². The van der Waals surface area contributed by atoms with Crippen LogP contribution < -0.4 is 0 Å². The second-order valence-corrected chi connectivity index (χ2v) is 2.52. The van der Waals surface area contributed by atoms with Gasteiger partial charge in [0.15, 0.2) is 0 Å². The molecule has 0 aromatic rings. The third-order valence-corrected chi connectivity index (χ3v) is 1.00. The van der Waals surface area contributed by atoms with Gasteiger partial charge in [-0.2, -0.15) is 0 Å². The number of ether oxygens (including phenoxy) is 1. The molecule has 62 valence electrons. The number of rotatable bonds is 3. The summed E-state index contributed by atoms with van der Waals surface area (Å²) in [7, 11) is 0. The van der Waals surface area contributed by atoms with E-state index in [-0.39, 0.29) is 23.6 Å². The normalized spacial score (nSPS) is 8.80. The standard InChI is InChI=1S/C7H14O2.GeH4/c1-6(2)4-5-9-7(3)8;/h6H,4-5H2,1-3H3;1H4. The zero-order valence-electron chi connectivity index (χ0n) is 6.31. The van der Waals surface area contributed by atoms with E-state index < -0.39 is 0 Å². The second kappa shape index (κ2) is 7.12. The molecular weight excluding hydrogens is 189 g/mol. The summed E-state index contributed by atoms with van der Waals surface area (Å²) in [6.07, 6.45) is 0.958. The number of carbonyl (C=O) groups excluding carboxylic acids is 1. The van der Waals surface area contributed by atoms with Crippen molar-refractivity contribution >= 4 is 23.6 Å². The fraction of sp³-hybridized carbons (Fsp3) is 0.857. The molecule has 0 bridgehead atoms. The van der Waals surface area contributed by atoms with E-state index in [9.17, 15) is 4.79 Å². The summed E-state index contributed by atoms with van der Waals surface area (Å²) < 4.78 is 4.71. The van der Waals surface area contributed by atoms with E-state index in [0.29, 0.717) is 12.5 Å². The van der Waals surface area contributed by atoms with Gasteiger partial charge in [0.1, 0.15) is 0 Å². The predicted molar refractivity (Wildman–Crippen MR) is 47.4 cm³/mol. The summed E-state index contributed by atoms with van der Waals surface area (Å²) in [6.45, 7) is 6.19. The van der Waals surface area contributed by atoms with E-state index in [1.807, 2.05) is 0 Å². The molecule has 0 aliphatic carbocycles. The van der Waals surface area contributed by atoms with Crippen molar-refractivity contribution in [3.05, 3.63) is 0 Å². The van der Waals surface area contributed by atoms with Crippen molar-refractivity contribution in [1.29, 1.82) is 0 Å². The fourth-order valence-electron chi connectivity index (χ4n) is 0.438. The maximum absolute atomic E-state index is 10.2. The topological polar surface area (TPSA) is 26.3 Å². The molecule has 0 aromatic carbocycles. The molecule has 0 saturated heterocycles. The Hall–Kier alpha value is 0.0129. The van der Waals surface area contributed by atoms with E-state index in [2.05, 4.69) is 13.8 Å². The van der Waals surface area contributed by atoms with E-state index in [4.69, 9.17) is 4.74 Å². The van der Waals surface area contributed by atoms with Crippen molar-refractivity contribution in [2.45, 2.75) is 27.2 Å². The second-order valence-electron chi connectivity index (χ2n) is 2.52. The minimum atomic E-state index is -0.185. The first-order chi connectivity index (χ1) is 4.13. The van der Waals surface area contributed by atoms with Gasteiger partial charge in [0.05, 0.1) is 6.61 Å². The summed E-state index contributed by atoms with van der Waals surface area (Å²) in [5.41, 5.74) is 0. The Kier molecular flexibility index (Phi) is 9.02. The zero-order valence-corrected chi connectivity index (χ0v) is 6.31. The Morgan fingerprint density at radius 3 is 2.30 bits per heavy atom. The Labute approximate surface area is 73.3 Å². The average molecular weight is 207 g/mol. The predicted octanol–water partition coefficient (Wildman–Crippen LogP) is 0.144. The monoisotopic (exact) mass is 208 g/mol. The quantitative estimate of drug-likeness (QED) is 0.486. The van der Waals surface area contributed by atoms with Crippen LogP contribution in [0.2, 0.25) is 0 Å². The Morgan fingerprint density at radius 2 is 2.00 bits per heavy atom. The average Bonchev–Trinajstić information content (AvgIpc) is 1.63. The number of esters is 1. The molecular formula is C7H18GeO2. The summed E-state index contributed by atoms with van der Waals surface area (Å²) in [6, 6.07) is 0. The molecule has 0 saturated carbocycles. The number of hydrogen-bond donors (Lipinski definition) is 0. The molecule has 0 atom stereocenters. The van der Waals surface area contributed by atoms with Gasteiger partial charge in [-0.1, -0.05) is 13.8 Å². The van der Waals surface area contributed by atoms with Crippen molar-refractivity contribution in [3.63, 3.8) is 0 Å². The number of hydrogen-bond acceptors (Lipinski definition) is 2. The summed E-state index contributed by atoms with van der Waals surface area (Å²) in [5, 5.41) is 0. The van der Waals surface area contributed by atoms with Gasteiger partial charge in [0, 0.05) is 6.92 Å². The molecule has 2 nitrogen and oxygen atoms in total. The van der Waals surface area contributed by atoms with Crippen LogP contribution in [0.3, 0.4) is 0 Å². The fourth-order valence-corrected chi connectivity index (χ4v) is 0.438. The van der Waals surface area contributed by atoms with E-state index in [1.165, 1.54) is 6.92 Å². The van der Waals surface area contributed by atoms with Gasteiger partial charge in [-0.05, 0) is 12.3 Å². The molecule has 0 fully saturated rings. The van der Waals surface area contributed by atoms with Crippen molar-refractivity contribution in [2.24, 2.45) is 5.92 Å². The van der Waals surface area contributed by atoms with E-state index in [0.717, 1.165) is 6.42 Å². The SMILES string of the molecule is CC(=O)OCCC(C)C.[GeH4]. The van der Waals surface area contributed by atoms with Crippen LogP contribution in [-0.2, 0) is 9.53 Å².